The molecular formula is C20H19N3OS. The number of benzene rings is 2. The van der Waals surface area contributed by atoms with Crippen molar-refractivity contribution in [2.45, 2.75) is 18.9 Å². The number of fused-ring (bicyclic) bond motifs is 1. The summed E-state index contributed by atoms with van der Waals surface area (Å²) in [6.07, 6.45) is 0.331. The number of hydrogen-bond donors (Lipinski definition) is 1. The summed E-state index contributed by atoms with van der Waals surface area (Å²) < 4.78 is 1.21. The minimum atomic E-state index is -0.606. The predicted octanol–water partition coefficient (Wildman–Crippen LogP) is 3.96. The highest BCUT2D eigenvalue weighted by Crippen LogP contribution is 2.42. The predicted molar refractivity (Wildman–Crippen MR) is 104 cm³/mol. The average molecular weight is 349 g/mol. The number of hydrogen-bond acceptors (Lipinski definition) is 4. The first kappa shape index (κ1) is 15.8. The molecular weight excluding hydrogens is 330 g/mol. The van der Waals surface area contributed by atoms with Gasteiger partial charge in [-0.2, -0.15) is 0 Å². The van der Waals surface area contributed by atoms with Gasteiger partial charge in [-0.15, -0.1) is 11.3 Å². The third-order valence-electron chi connectivity index (χ3n) is 4.73. The SMILES string of the molecule is CN1C(=O)C[C@@](C)(c2cc3cccc(-c4ccccc4)c3s2)N=C1N. The highest BCUT2D eigenvalue weighted by molar-refractivity contribution is 7.19. The summed E-state index contributed by atoms with van der Waals surface area (Å²) in [5.74, 6) is 0.273. The summed E-state index contributed by atoms with van der Waals surface area (Å²) in [6, 6.07) is 18.8. The summed E-state index contributed by atoms with van der Waals surface area (Å²) in [4.78, 5) is 19.4. The molecule has 25 heavy (non-hydrogen) atoms. The molecule has 0 fully saturated rings. The van der Waals surface area contributed by atoms with Gasteiger partial charge >= 0.3 is 0 Å². The van der Waals surface area contributed by atoms with Crippen molar-refractivity contribution in [2.24, 2.45) is 10.7 Å². The van der Waals surface area contributed by atoms with Crippen molar-refractivity contribution in [3.63, 3.8) is 0 Å². The highest BCUT2D eigenvalue weighted by atomic mass is 32.1. The van der Waals surface area contributed by atoms with E-state index in [-0.39, 0.29) is 11.9 Å². The van der Waals surface area contributed by atoms with Crippen LogP contribution in [-0.4, -0.2) is 23.8 Å². The smallest absolute Gasteiger partial charge is 0.231 e. The number of nitrogens with zero attached hydrogens (tertiary/aromatic N) is 2. The van der Waals surface area contributed by atoms with Crippen LogP contribution in [0, 0.1) is 0 Å². The molecule has 0 saturated carbocycles. The van der Waals surface area contributed by atoms with Gasteiger partial charge in [0.15, 0.2) is 5.96 Å². The van der Waals surface area contributed by atoms with Crippen LogP contribution in [0.4, 0.5) is 0 Å². The number of carbonyl (C=O) groups excluding carboxylic acids is 1. The number of rotatable bonds is 2. The van der Waals surface area contributed by atoms with Gasteiger partial charge in [-0.05, 0) is 29.5 Å². The van der Waals surface area contributed by atoms with Gasteiger partial charge < -0.3 is 5.73 Å². The quantitative estimate of drug-likeness (QED) is 0.761. The number of guanidine groups is 1. The lowest BCUT2D eigenvalue weighted by molar-refractivity contribution is -0.128. The fourth-order valence-corrected chi connectivity index (χ4v) is 4.51. The Bertz CT molecular complexity index is 993. The molecule has 2 heterocycles. The number of carbonyl (C=O) groups is 1. The molecule has 1 aliphatic heterocycles. The standard InChI is InChI=1S/C20H19N3OS/c1-20(12-17(24)23(2)19(21)22-20)16-11-14-9-6-10-15(18(14)25-16)13-7-4-3-5-8-13/h3-11H,12H2,1-2H3,(H2,21,22)/t20-/m0/s1. The molecule has 0 bridgehead atoms. The average Bonchev–Trinajstić information content (AvgIpc) is 3.05. The molecule has 1 amide bonds. The molecule has 0 radical (unpaired) electrons. The van der Waals surface area contributed by atoms with E-state index in [0.717, 1.165) is 4.88 Å². The van der Waals surface area contributed by atoms with Crippen LogP contribution in [0.25, 0.3) is 21.2 Å². The molecule has 1 aliphatic rings. The normalized spacial score (nSPS) is 20.8. The van der Waals surface area contributed by atoms with E-state index >= 15 is 0 Å². The van der Waals surface area contributed by atoms with Crippen molar-refractivity contribution in [1.82, 2.24) is 4.90 Å². The molecule has 0 aliphatic carbocycles. The third-order valence-corrected chi connectivity index (χ3v) is 6.17. The Labute approximate surface area is 150 Å². The van der Waals surface area contributed by atoms with Crippen molar-refractivity contribution < 1.29 is 4.79 Å². The summed E-state index contributed by atoms with van der Waals surface area (Å²) in [5.41, 5.74) is 7.74. The molecule has 2 aromatic carbocycles. The number of nitrogens with two attached hydrogens (primary N) is 1. The van der Waals surface area contributed by atoms with Crippen LogP contribution < -0.4 is 5.73 Å². The van der Waals surface area contributed by atoms with Gasteiger partial charge in [0.1, 0.15) is 5.54 Å². The first-order valence-electron chi connectivity index (χ1n) is 8.18. The van der Waals surface area contributed by atoms with Crippen molar-refractivity contribution >= 4 is 33.3 Å². The number of amides is 1. The van der Waals surface area contributed by atoms with Gasteiger partial charge in [-0.3, -0.25) is 9.69 Å². The molecule has 0 saturated heterocycles. The van der Waals surface area contributed by atoms with Crippen LogP contribution >= 0.6 is 11.3 Å². The molecule has 2 N–H and O–H groups in total. The molecule has 4 rings (SSSR count). The maximum Gasteiger partial charge on any atom is 0.231 e. The molecule has 3 aromatic rings. The summed E-state index contributed by atoms with van der Waals surface area (Å²) in [7, 11) is 1.67. The van der Waals surface area contributed by atoms with Gasteiger partial charge in [0.25, 0.3) is 0 Å². The van der Waals surface area contributed by atoms with Crippen molar-refractivity contribution in [2.75, 3.05) is 7.05 Å². The second-order valence-electron chi connectivity index (χ2n) is 6.57. The zero-order chi connectivity index (χ0) is 17.6. The minimum Gasteiger partial charge on any atom is -0.369 e. The fourth-order valence-electron chi connectivity index (χ4n) is 3.22. The number of aliphatic imine (C=N–C) groups is 1. The van der Waals surface area contributed by atoms with E-state index in [1.54, 1.807) is 18.4 Å². The molecule has 1 atom stereocenters. The number of thiophene rings is 1. The highest BCUT2D eigenvalue weighted by Gasteiger charge is 2.37. The zero-order valence-electron chi connectivity index (χ0n) is 14.2. The van der Waals surface area contributed by atoms with Gasteiger partial charge in [0.2, 0.25) is 5.91 Å². The topological polar surface area (TPSA) is 58.7 Å². The second-order valence-corrected chi connectivity index (χ2v) is 7.63. The van der Waals surface area contributed by atoms with Crippen LogP contribution in [0.1, 0.15) is 18.2 Å². The van der Waals surface area contributed by atoms with E-state index in [2.05, 4.69) is 41.4 Å². The van der Waals surface area contributed by atoms with Gasteiger partial charge in [0.05, 0.1) is 6.42 Å². The van der Waals surface area contributed by atoms with Crippen LogP contribution in [0.15, 0.2) is 59.6 Å². The molecule has 0 unspecified atom stereocenters. The summed E-state index contributed by atoms with van der Waals surface area (Å²) in [6.45, 7) is 1.98. The Morgan fingerprint density at radius 1 is 1.16 bits per heavy atom. The van der Waals surface area contributed by atoms with Crippen molar-refractivity contribution in [3.05, 3.63) is 59.5 Å². The largest absolute Gasteiger partial charge is 0.369 e. The Kier molecular flexibility index (Phi) is 3.62. The van der Waals surface area contributed by atoms with Crippen LogP contribution in [0.2, 0.25) is 0 Å². The van der Waals surface area contributed by atoms with E-state index in [1.165, 1.54) is 26.1 Å². The third kappa shape index (κ3) is 2.61. The van der Waals surface area contributed by atoms with Crippen molar-refractivity contribution in [1.29, 1.82) is 0 Å². The van der Waals surface area contributed by atoms with Crippen molar-refractivity contribution in [3.8, 4) is 11.1 Å². The maximum absolute atomic E-state index is 12.3. The van der Waals surface area contributed by atoms with Gasteiger partial charge in [-0.25, -0.2) is 4.99 Å². The lowest BCUT2D eigenvalue weighted by atomic mass is 9.94. The van der Waals surface area contributed by atoms with Gasteiger partial charge in [-0.1, -0.05) is 48.5 Å². The Hall–Kier alpha value is -2.66. The van der Waals surface area contributed by atoms with Crippen LogP contribution in [0.5, 0.6) is 0 Å². The Balaban J connectivity index is 1.87. The second kappa shape index (κ2) is 5.70. The van der Waals surface area contributed by atoms with E-state index in [4.69, 9.17) is 5.73 Å². The van der Waals surface area contributed by atoms with E-state index in [0.29, 0.717) is 6.42 Å². The van der Waals surface area contributed by atoms with Gasteiger partial charge in [0, 0.05) is 16.6 Å². The summed E-state index contributed by atoms with van der Waals surface area (Å²) >= 11 is 1.70. The van der Waals surface area contributed by atoms with E-state index in [1.807, 2.05) is 25.1 Å². The zero-order valence-corrected chi connectivity index (χ0v) is 15.0. The molecule has 126 valence electrons. The molecule has 4 nitrogen and oxygen atoms in total. The van der Waals surface area contributed by atoms with Crippen LogP contribution in [-0.2, 0) is 10.3 Å². The molecule has 0 spiro atoms. The fraction of sp³-hybridized carbons (Fsp3) is 0.200. The first-order chi connectivity index (χ1) is 12.0. The Morgan fingerprint density at radius 2 is 1.92 bits per heavy atom. The van der Waals surface area contributed by atoms with E-state index < -0.39 is 5.54 Å². The van der Waals surface area contributed by atoms with Crippen LogP contribution in [0.3, 0.4) is 0 Å². The van der Waals surface area contributed by atoms with E-state index in [9.17, 15) is 4.79 Å². The summed E-state index contributed by atoms with van der Waals surface area (Å²) in [5, 5.41) is 1.17. The lowest BCUT2D eigenvalue weighted by Gasteiger charge is -2.32. The first-order valence-corrected chi connectivity index (χ1v) is 9.00. The molecule has 1 aromatic heterocycles. The maximum atomic E-state index is 12.3. The lowest BCUT2D eigenvalue weighted by Crippen LogP contribution is -2.47. The monoisotopic (exact) mass is 349 g/mol. The Morgan fingerprint density at radius 3 is 2.64 bits per heavy atom. The minimum absolute atomic E-state index is 0.00395. The molecule has 5 heteroatoms.